The molecule has 0 saturated carbocycles. The molecule has 0 atom stereocenters. The molecule has 5 aromatic carbocycles. The monoisotopic (exact) mass is 332 g/mol. The first-order chi connectivity index (χ1) is 9.93. The van der Waals surface area contributed by atoms with Crippen molar-refractivity contribution in [2.24, 2.45) is 0 Å². The van der Waals surface area contributed by atoms with Gasteiger partial charge in [0.15, 0.2) is 0 Å². The number of rotatable bonds is 0. The van der Waals surface area contributed by atoms with Crippen molar-refractivity contribution in [2.75, 3.05) is 0 Å². The molecule has 5 aromatic rings. The Morgan fingerprint density at radius 1 is 0.381 bits per heavy atom. The molecule has 0 bridgehead atoms. The molecule has 0 heterocycles. The van der Waals surface area contributed by atoms with Gasteiger partial charge in [-0.3, -0.25) is 0 Å². The van der Waals surface area contributed by atoms with Crippen LogP contribution in [0.4, 0.5) is 0 Å². The zero-order valence-electron chi connectivity index (χ0n) is 11.3. The van der Waals surface area contributed by atoms with Crippen molar-refractivity contribution in [1.29, 1.82) is 0 Å². The van der Waals surface area contributed by atoms with Crippen molar-refractivity contribution in [2.45, 2.75) is 0 Å². The second-order valence-corrected chi connectivity index (χ2v) is 5.42. The predicted molar refractivity (Wildman–Crippen MR) is 93.4 cm³/mol. The average molecular weight is 331 g/mol. The van der Waals surface area contributed by atoms with Crippen LogP contribution in [0, 0.1) is 0 Å². The van der Waals surface area contributed by atoms with Crippen LogP contribution >= 0.6 is 0 Å². The fourth-order valence-electron chi connectivity index (χ4n) is 3.58. The predicted octanol–water partition coefficient (Wildman–Crippen LogP) is 5.36. The normalized spacial score (nSPS) is 11.4. The second-order valence-electron chi connectivity index (χ2n) is 5.42. The van der Waals surface area contributed by atoms with E-state index in [-0.39, 0.29) is 17.1 Å². The van der Waals surface area contributed by atoms with Crippen LogP contribution in [0.25, 0.3) is 43.1 Å². The van der Waals surface area contributed by atoms with Gasteiger partial charge < -0.3 is 0 Å². The molecule has 0 aliphatic rings. The maximum absolute atomic E-state index is 2.25. The van der Waals surface area contributed by atoms with Crippen molar-refractivity contribution in [3.8, 4) is 0 Å². The van der Waals surface area contributed by atoms with Gasteiger partial charge in [0.25, 0.3) is 0 Å². The molecule has 0 aliphatic carbocycles. The first-order valence-corrected chi connectivity index (χ1v) is 6.98. The molecule has 0 N–H and O–H groups in total. The van der Waals surface area contributed by atoms with Gasteiger partial charge in [0.2, 0.25) is 0 Å². The largest absolute Gasteiger partial charge is 0.0610 e. The van der Waals surface area contributed by atoms with Gasteiger partial charge in [0, 0.05) is 17.1 Å². The van der Waals surface area contributed by atoms with E-state index in [0.717, 1.165) is 0 Å². The standard InChI is InChI=1S/C20H12.Se/c1-5-13-6-2-11-17-18-12-4-8-14-7-3-10-16(20(14)18)15(9-1)19(13)17;/h1-12H;. The summed E-state index contributed by atoms with van der Waals surface area (Å²) in [5, 5.41) is 10.9. The van der Waals surface area contributed by atoms with Gasteiger partial charge in [0.1, 0.15) is 0 Å². The molecule has 0 fully saturated rings. The Balaban J connectivity index is 0.00000115. The molecule has 21 heavy (non-hydrogen) atoms. The van der Waals surface area contributed by atoms with Gasteiger partial charge in [-0.15, -0.1) is 0 Å². The third-order valence-corrected chi connectivity index (χ3v) is 4.39. The molecule has 2 radical (unpaired) electrons. The molecule has 5 rings (SSSR count). The van der Waals surface area contributed by atoms with Crippen LogP contribution in [-0.4, -0.2) is 17.1 Å². The quantitative estimate of drug-likeness (QED) is 0.204. The topological polar surface area (TPSA) is 0 Å². The van der Waals surface area contributed by atoms with E-state index in [2.05, 4.69) is 72.8 Å². The first-order valence-electron chi connectivity index (χ1n) is 6.98. The second kappa shape index (κ2) is 4.46. The van der Waals surface area contributed by atoms with Gasteiger partial charge in [0.05, 0.1) is 0 Å². The van der Waals surface area contributed by atoms with E-state index in [4.69, 9.17) is 0 Å². The SMILES string of the molecule is [Se].c1cc2cccc3c4cccc5cccc(c(c1)c23)c54. The Labute approximate surface area is 133 Å². The third kappa shape index (κ3) is 1.56. The molecule has 0 unspecified atom stereocenters. The van der Waals surface area contributed by atoms with Gasteiger partial charge in [-0.1, -0.05) is 72.8 Å². The molecule has 0 amide bonds. The summed E-state index contributed by atoms with van der Waals surface area (Å²) >= 11 is 0. The van der Waals surface area contributed by atoms with Crippen molar-refractivity contribution in [3.05, 3.63) is 72.8 Å². The fraction of sp³-hybridized carbons (Fsp3) is 0. The maximum atomic E-state index is 2.25. The van der Waals surface area contributed by atoms with E-state index in [1.165, 1.54) is 43.1 Å². The van der Waals surface area contributed by atoms with Crippen LogP contribution in [0.5, 0.6) is 0 Å². The molecule has 0 spiro atoms. The van der Waals surface area contributed by atoms with Gasteiger partial charge >= 0.3 is 0 Å². The van der Waals surface area contributed by atoms with Crippen LogP contribution in [0.2, 0.25) is 0 Å². The Morgan fingerprint density at radius 2 is 0.667 bits per heavy atom. The van der Waals surface area contributed by atoms with E-state index in [0.29, 0.717) is 0 Å². The summed E-state index contributed by atoms with van der Waals surface area (Å²) in [5.41, 5.74) is 0. The van der Waals surface area contributed by atoms with Crippen LogP contribution in [0.1, 0.15) is 0 Å². The Morgan fingerprint density at radius 3 is 0.952 bits per heavy atom. The zero-order valence-corrected chi connectivity index (χ0v) is 13.0. The smallest absolute Gasteiger partial charge is 0 e. The van der Waals surface area contributed by atoms with E-state index in [1.807, 2.05) is 0 Å². The van der Waals surface area contributed by atoms with Gasteiger partial charge in [-0.25, -0.2) is 0 Å². The summed E-state index contributed by atoms with van der Waals surface area (Å²) in [5.74, 6) is 0. The van der Waals surface area contributed by atoms with Gasteiger partial charge in [-0.2, -0.15) is 0 Å². The molecule has 1 heteroatoms. The number of hydrogen-bond acceptors (Lipinski definition) is 0. The fourth-order valence-corrected chi connectivity index (χ4v) is 3.58. The molecule has 0 aromatic heterocycles. The van der Waals surface area contributed by atoms with Crippen molar-refractivity contribution in [3.63, 3.8) is 0 Å². The average Bonchev–Trinajstić information content (AvgIpc) is 2.52. The van der Waals surface area contributed by atoms with Crippen molar-refractivity contribution < 1.29 is 0 Å². The Hall–Kier alpha value is -2.08. The minimum Gasteiger partial charge on any atom is -0.0610 e. The summed E-state index contributed by atoms with van der Waals surface area (Å²) in [6.07, 6.45) is 0. The molecule has 98 valence electrons. The number of hydrogen-bond donors (Lipinski definition) is 0. The molecular formula is C20H12Se. The summed E-state index contributed by atoms with van der Waals surface area (Å²) < 4.78 is 0. The molecular weight excluding hydrogens is 319 g/mol. The minimum atomic E-state index is 0. The van der Waals surface area contributed by atoms with Crippen molar-refractivity contribution in [1.82, 2.24) is 0 Å². The molecule has 0 aliphatic heterocycles. The third-order valence-electron chi connectivity index (χ3n) is 4.39. The summed E-state index contributed by atoms with van der Waals surface area (Å²) in [7, 11) is 0. The zero-order chi connectivity index (χ0) is 13.1. The van der Waals surface area contributed by atoms with E-state index in [9.17, 15) is 0 Å². The molecule has 0 nitrogen and oxygen atoms in total. The van der Waals surface area contributed by atoms with Crippen LogP contribution in [0.3, 0.4) is 0 Å². The van der Waals surface area contributed by atoms with Gasteiger partial charge in [-0.05, 0) is 43.1 Å². The number of fused-ring (bicyclic) bond motifs is 2. The maximum Gasteiger partial charge on any atom is 0 e. The van der Waals surface area contributed by atoms with Crippen LogP contribution in [0.15, 0.2) is 72.8 Å². The minimum absolute atomic E-state index is 0. The first kappa shape index (κ1) is 12.6. The summed E-state index contributed by atoms with van der Waals surface area (Å²) in [6.45, 7) is 0. The van der Waals surface area contributed by atoms with E-state index < -0.39 is 0 Å². The molecule has 0 saturated heterocycles. The summed E-state index contributed by atoms with van der Waals surface area (Å²) in [6, 6.07) is 26.4. The van der Waals surface area contributed by atoms with E-state index >= 15 is 0 Å². The van der Waals surface area contributed by atoms with E-state index in [1.54, 1.807) is 0 Å². The van der Waals surface area contributed by atoms with Crippen LogP contribution < -0.4 is 0 Å². The summed E-state index contributed by atoms with van der Waals surface area (Å²) in [4.78, 5) is 0. The Bertz CT molecular complexity index is 923. The Kier molecular flexibility index (Phi) is 2.68. The number of benzene rings is 5. The van der Waals surface area contributed by atoms with Crippen LogP contribution in [-0.2, 0) is 0 Å². The van der Waals surface area contributed by atoms with Crippen molar-refractivity contribution >= 4 is 60.2 Å².